The first-order valence-corrected chi connectivity index (χ1v) is 14.9. The SMILES string of the molecule is O=C(Nc1ccc(SCC(=O)c2ccc(-c3ccccc3)cc2)cc1)/C(=C/c1ccc(Cl)cc1)NC(=O)c1ccccc1. The third-order valence-corrected chi connectivity index (χ3v) is 7.77. The average Bonchev–Trinajstić information content (AvgIpc) is 3.05. The lowest BCUT2D eigenvalue weighted by Gasteiger charge is -2.12. The van der Waals surface area contributed by atoms with E-state index in [4.69, 9.17) is 11.6 Å². The summed E-state index contributed by atoms with van der Waals surface area (Å²) < 4.78 is 0. The summed E-state index contributed by atoms with van der Waals surface area (Å²) in [6.07, 6.45) is 1.59. The van der Waals surface area contributed by atoms with E-state index in [1.807, 2.05) is 72.8 Å². The number of amides is 2. The van der Waals surface area contributed by atoms with Crippen LogP contribution >= 0.6 is 23.4 Å². The summed E-state index contributed by atoms with van der Waals surface area (Å²) in [6, 6.07) is 40.5. The lowest BCUT2D eigenvalue weighted by Crippen LogP contribution is -2.30. The fourth-order valence-electron chi connectivity index (χ4n) is 4.21. The van der Waals surface area contributed by atoms with Gasteiger partial charge < -0.3 is 10.6 Å². The van der Waals surface area contributed by atoms with Crippen LogP contribution in [0, 0.1) is 0 Å². The van der Waals surface area contributed by atoms with Gasteiger partial charge in [0.2, 0.25) is 0 Å². The van der Waals surface area contributed by atoms with E-state index in [1.54, 1.807) is 66.7 Å². The van der Waals surface area contributed by atoms with E-state index in [2.05, 4.69) is 10.6 Å². The first kappa shape index (κ1) is 29.6. The van der Waals surface area contributed by atoms with Crippen LogP contribution in [0.25, 0.3) is 17.2 Å². The summed E-state index contributed by atoms with van der Waals surface area (Å²) in [7, 11) is 0. The molecule has 2 amide bonds. The Labute approximate surface area is 259 Å². The molecule has 0 heterocycles. The van der Waals surface area contributed by atoms with Crippen molar-refractivity contribution >= 4 is 52.7 Å². The molecule has 5 aromatic rings. The molecule has 43 heavy (non-hydrogen) atoms. The molecule has 0 atom stereocenters. The predicted octanol–water partition coefficient (Wildman–Crippen LogP) is 8.39. The summed E-state index contributed by atoms with van der Waals surface area (Å²) in [5, 5.41) is 6.13. The molecule has 0 radical (unpaired) electrons. The van der Waals surface area contributed by atoms with Crippen LogP contribution < -0.4 is 10.6 Å². The van der Waals surface area contributed by atoms with Gasteiger partial charge in [-0.15, -0.1) is 11.8 Å². The zero-order valence-corrected chi connectivity index (χ0v) is 24.6. The van der Waals surface area contributed by atoms with Gasteiger partial charge in [-0.2, -0.15) is 0 Å². The molecule has 5 rings (SSSR count). The van der Waals surface area contributed by atoms with Crippen molar-refractivity contribution in [2.75, 3.05) is 11.1 Å². The number of ketones is 1. The van der Waals surface area contributed by atoms with E-state index < -0.39 is 11.8 Å². The number of rotatable bonds is 10. The molecule has 0 saturated carbocycles. The number of halogens is 1. The Kier molecular flexibility index (Phi) is 9.85. The van der Waals surface area contributed by atoms with Crippen LogP contribution in [-0.4, -0.2) is 23.4 Å². The van der Waals surface area contributed by atoms with E-state index in [0.717, 1.165) is 16.0 Å². The van der Waals surface area contributed by atoms with E-state index in [0.29, 0.717) is 27.4 Å². The minimum absolute atomic E-state index is 0.0353. The largest absolute Gasteiger partial charge is 0.321 e. The van der Waals surface area contributed by atoms with Crippen LogP contribution in [0.1, 0.15) is 26.3 Å². The maximum atomic E-state index is 13.3. The molecule has 212 valence electrons. The molecule has 0 aliphatic heterocycles. The van der Waals surface area contributed by atoms with Crippen molar-refractivity contribution in [1.29, 1.82) is 0 Å². The predicted molar refractivity (Wildman–Crippen MR) is 175 cm³/mol. The van der Waals surface area contributed by atoms with Crippen LogP contribution in [0.2, 0.25) is 5.02 Å². The Hall–Kier alpha value is -4.91. The Morgan fingerprint density at radius 2 is 1.26 bits per heavy atom. The van der Waals surface area contributed by atoms with E-state index >= 15 is 0 Å². The van der Waals surface area contributed by atoms with Gasteiger partial charge in [-0.3, -0.25) is 14.4 Å². The van der Waals surface area contributed by atoms with Gasteiger partial charge in [0.25, 0.3) is 11.8 Å². The third kappa shape index (κ3) is 8.32. The lowest BCUT2D eigenvalue weighted by molar-refractivity contribution is -0.113. The van der Waals surface area contributed by atoms with E-state index in [-0.39, 0.29) is 17.2 Å². The van der Waals surface area contributed by atoms with Gasteiger partial charge in [-0.1, -0.05) is 96.5 Å². The summed E-state index contributed by atoms with van der Waals surface area (Å²) in [4.78, 5) is 39.8. The van der Waals surface area contributed by atoms with Crippen LogP contribution in [0.15, 0.2) is 144 Å². The molecule has 0 aliphatic rings. The smallest absolute Gasteiger partial charge is 0.272 e. The Morgan fingerprint density at radius 3 is 1.91 bits per heavy atom. The highest BCUT2D eigenvalue weighted by molar-refractivity contribution is 8.00. The van der Waals surface area contributed by atoms with Crippen molar-refractivity contribution in [3.05, 3.63) is 161 Å². The topological polar surface area (TPSA) is 75.3 Å². The summed E-state index contributed by atoms with van der Waals surface area (Å²) in [5.74, 6) is -0.556. The molecule has 5 aromatic carbocycles. The van der Waals surface area contributed by atoms with Gasteiger partial charge in [0, 0.05) is 26.7 Å². The standard InChI is InChI=1S/C36H27ClN2O3S/c37-30-17-11-25(12-18-30)23-33(39-35(41)29-9-5-2-6-10-29)36(42)38-31-19-21-32(22-20-31)43-24-34(40)28-15-13-27(14-16-28)26-7-3-1-4-8-26/h1-23H,24H2,(H,38,42)(H,39,41)/b33-23-. The molecule has 0 saturated heterocycles. The normalized spacial score (nSPS) is 11.0. The maximum absolute atomic E-state index is 13.3. The molecule has 0 unspecified atom stereocenters. The second-order valence-electron chi connectivity index (χ2n) is 9.56. The van der Waals surface area contributed by atoms with Crippen molar-refractivity contribution in [1.82, 2.24) is 5.32 Å². The summed E-state index contributed by atoms with van der Waals surface area (Å²) in [6.45, 7) is 0. The molecular formula is C36H27ClN2O3S. The minimum atomic E-state index is -0.478. The highest BCUT2D eigenvalue weighted by atomic mass is 35.5. The number of anilines is 1. The van der Waals surface area contributed by atoms with Gasteiger partial charge in [-0.25, -0.2) is 0 Å². The molecule has 0 spiro atoms. The molecule has 0 bridgehead atoms. The van der Waals surface area contributed by atoms with Crippen LogP contribution in [0.4, 0.5) is 5.69 Å². The van der Waals surface area contributed by atoms with Gasteiger partial charge in [0.1, 0.15) is 5.70 Å². The fourth-order valence-corrected chi connectivity index (χ4v) is 5.13. The summed E-state index contributed by atoms with van der Waals surface area (Å²) >= 11 is 7.43. The van der Waals surface area contributed by atoms with Gasteiger partial charge in [0.05, 0.1) is 5.75 Å². The number of thioether (sulfide) groups is 1. The van der Waals surface area contributed by atoms with Gasteiger partial charge in [0.15, 0.2) is 5.78 Å². The molecular weight excluding hydrogens is 576 g/mol. The quantitative estimate of drug-likeness (QED) is 0.0956. The maximum Gasteiger partial charge on any atom is 0.272 e. The molecule has 0 aliphatic carbocycles. The number of Topliss-reactive ketones (excluding diaryl/α,β-unsaturated/α-hetero) is 1. The van der Waals surface area contributed by atoms with Crippen LogP contribution in [-0.2, 0) is 4.79 Å². The second-order valence-corrected chi connectivity index (χ2v) is 11.0. The number of benzene rings is 5. The van der Waals surface area contributed by atoms with Crippen molar-refractivity contribution < 1.29 is 14.4 Å². The number of carbonyl (C=O) groups is 3. The Balaban J connectivity index is 1.21. The van der Waals surface area contributed by atoms with E-state index in [1.165, 1.54) is 11.8 Å². The van der Waals surface area contributed by atoms with Crippen LogP contribution in [0.3, 0.4) is 0 Å². The first-order chi connectivity index (χ1) is 20.9. The van der Waals surface area contributed by atoms with Crippen molar-refractivity contribution in [3.8, 4) is 11.1 Å². The summed E-state index contributed by atoms with van der Waals surface area (Å²) in [5.41, 5.74) is 4.59. The molecule has 7 heteroatoms. The number of nitrogens with one attached hydrogen (secondary N) is 2. The van der Waals surface area contributed by atoms with Gasteiger partial charge >= 0.3 is 0 Å². The number of hydrogen-bond acceptors (Lipinski definition) is 4. The first-order valence-electron chi connectivity index (χ1n) is 13.5. The lowest BCUT2D eigenvalue weighted by atomic mass is 10.0. The zero-order valence-electron chi connectivity index (χ0n) is 23.0. The monoisotopic (exact) mass is 602 g/mol. The number of carbonyl (C=O) groups excluding carboxylic acids is 3. The van der Waals surface area contributed by atoms with Crippen molar-refractivity contribution in [2.45, 2.75) is 4.90 Å². The Bertz CT molecular complexity index is 1740. The molecule has 0 fully saturated rings. The molecule has 2 N–H and O–H groups in total. The highest BCUT2D eigenvalue weighted by Crippen LogP contribution is 2.24. The molecule has 0 aromatic heterocycles. The zero-order chi connectivity index (χ0) is 30.0. The van der Waals surface area contributed by atoms with Crippen molar-refractivity contribution in [2.24, 2.45) is 0 Å². The number of hydrogen-bond donors (Lipinski definition) is 2. The van der Waals surface area contributed by atoms with Gasteiger partial charge in [-0.05, 0) is 71.3 Å². The van der Waals surface area contributed by atoms with Crippen molar-refractivity contribution in [3.63, 3.8) is 0 Å². The minimum Gasteiger partial charge on any atom is -0.321 e. The fraction of sp³-hybridized carbons (Fsp3) is 0.0278. The second kappa shape index (κ2) is 14.3. The van der Waals surface area contributed by atoms with E-state index in [9.17, 15) is 14.4 Å². The highest BCUT2D eigenvalue weighted by Gasteiger charge is 2.15. The molecule has 5 nitrogen and oxygen atoms in total. The van der Waals surface area contributed by atoms with Crippen LogP contribution in [0.5, 0.6) is 0 Å². The average molecular weight is 603 g/mol. The Morgan fingerprint density at radius 1 is 0.651 bits per heavy atom. The third-order valence-electron chi connectivity index (χ3n) is 6.51.